The predicted octanol–water partition coefficient (Wildman–Crippen LogP) is 2.74. The Morgan fingerprint density at radius 3 is 2.47 bits per heavy atom. The summed E-state index contributed by atoms with van der Waals surface area (Å²) in [5.41, 5.74) is 8.01. The summed E-state index contributed by atoms with van der Waals surface area (Å²) in [6.45, 7) is 4.27. The van der Waals surface area contributed by atoms with Crippen molar-refractivity contribution < 1.29 is 4.79 Å². The van der Waals surface area contributed by atoms with Gasteiger partial charge in [-0.1, -0.05) is 26.0 Å². The van der Waals surface area contributed by atoms with E-state index in [2.05, 4.69) is 29.1 Å². The highest BCUT2D eigenvalue weighted by Gasteiger charge is 2.08. The molecule has 1 aromatic carbocycles. The number of hydrogen-bond acceptors (Lipinski definition) is 5. The lowest BCUT2D eigenvalue weighted by atomic mass is 10.0. The summed E-state index contributed by atoms with van der Waals surface area (Å²) >= 11 is 0. The normalized spacial score (nSPS) is 10.5. The summed E-state index contributed by atoms with van der Waals surface area (Å²) in [5.74, 6) is 1.07. The lowest BCUT2D eigenvalue weighted by molar-refractivity contribution is 0.112. The smallest absolute Gasteiger partial charge is 0.157 e. The molecule has 2 aromatic rings. The molecule has 0 atom stereocenters. The minimum atomic E-state index is 0.173. The van der Waals surface area contributed by atoms with E-state index in [1.807, 2.05) is 24.3 Å². The third-order valence-corrected chi connectivity index (χ3v) is 2.87. The standard InChI is InChI=1S/C14H16N4O/c1-9(2)10-3-5-11(6-4-10)18-14-12(7-19)13(15)16-8-17-14/h3-9H,1-2H3,(H3,15,16,17,18). The van der Waals surface area contributed by atoms with Crippen LogP contribution in [0.2, 0.25) is 0 Å². The Bertz CT molecular complexity index is 578. The van der Waals surface area contributed by atoms with Crippen molar-refractivity contribution in [2.24, 2.45) is 0 Å². The van der Waals surface area contributed by atoms with Gasteiger partial charge in [-0.3, -0.25) is 4.79 Å². The van der Waals surface area contributed by atoms with Gasteiger partial charge in [0.1, 0.15) is 18.0 Å². The molecule has 98 valence electrons. The minimum absolute atomic E-state index is 0.173. The number of benzene rings is 1. The van der Waals surface area contributed by atoms with Crippen molar-refractivity contribution in [1.82, 2.24) is 9.97 Å². The number of anilines is 3. The largest absolute Gasteiger partial charge is 0.383 e. The Hall–Kier alpha value is -2.43. The zero-order chi connectivity index (χ0) is 13.8. The molecule has 1 heterocycles. The van der Waals surface area contributed by atoms with E-state index in [1.54, 1.807) is 0 Å². The van der Waals surface area contributed by atoms with Gasteiger partial charge in [-0.05, 0) is 23.6 Å². The van der Waals surface area contributed by atoms with Crippen LogP contribution in [-0.4, -0.2) is 16.3 Å². The van der Waals surface area contributed by atoms with Gasteiger partial charge in [0, 0.05) is 5.69 Å². The molecule has 0 radical (unpaired) electrons. The van der Waals surface area contributed by atoms with Crippen molar-refractivity contribution in [3.63, 3.8) is 0 Å². The molecule has 5 nitrogen and oxygen atoms in total. The van der Waals surface area contributed by atoms with Crippen LogP contribution in [-0.2, 0) is 0 Å². The van der Waals surface area contributed by atoms with Gasteiger partial charge in [0.2, 0.25) is 0 Å². The highest BCUT2D eigenvalue weighted by Crippen LogP contribution is 2.22. The van der Waals surface area contributed by atoms with Gasteiger partial charge in [0.25, 0.3) is 0 Å². The van der Waals surface area contributed by atoms with E-state index in [-0.39, 0.29) is 11.4 Å². The fraction of sp³-hybridized carbons (Fsp3) is 0.214. The molecule has 3 N–H and O–H groups in total. The van der Waals surface area contributed by atoms with Gasteiger partial charge >= 0.3 is 0 Å². The maximum absolute atomic E-state index is 11.0. The number of carbonyl (C=O) groups excluding carboxylic acids is 1. The summed E-state index contributed by atoms with van der Waals surface area (Å²) in [6, 6.07) is 7.97. The fourth-order valence-corrected chi connectivity index (χ4v) is 1.71. The van der Waals surface area contributed by atoms with Crippen molar-refractivity contribution in [1.29, 1.82) is 0 Å². The SMILES string of the molecule is CC(C)c1ccc(Nc2ncnc(N)c2C=O)cc1. The fourth-order valence-electron chi connectivity index (χ4n) is 1.71. The van der Waals surface area contributed by atoms with E-state index in [9.17, 15) is 4.79 Å². The number of rotatable bonds is 4. The highest BCUT2D eigenvalue weighted by molar-refractivity contribution is 5.89. The number of aldehydes is 1. The van der Waals surface area contributed by atoms with E-state index in [1.165, 1.54) is 11.9 Å². The Balaban J connectivity index is 2.26. The van der Waals surface area contributed by atoms with E-state index in [4.69, 9.17) is 5.73 Å². The summed E-state index contributed by atoms with van der Waals surface area (Å²) in [4.78, 5) is 18.8. The van der Waals surface area contributed by atoms with Crippen LogP contribution < -0.4 is 11.1 Å². The highest BCUT2D eigenvalue weighted by atomic mass is 16.1. The first-order valence-electron chi connectivity index (χ1n) is 6.04. The molecular formula is C14H16N4O. The lowest BCUT2D eigenvalue weighted by Crippen LogP contribution is -2.04. The second kappa shape index (κ2) is 5.48. The van der Waals surface area contributed by atoms with Crippen LogP contribution in [0.15, 0.2) is 30.6 Å². The molecule has 1 aromatic heterocycles. The topological polar surface area (TPSA) is 80.9 Å². The molecule has 2 rings (SSSR count). The zero-order valence-corrected chi connectivity index (χ0v) is 10.9. The number of nitrogen functional groups attached to an aromatic ring is 1. The van der Waals surface area contributed by atoms with Crippen molar-refractivity contribution >= 4 is 23.6 Å². The van der Waals surface area contributed by atoms with Crippen LogP contribution in [0.5, 0.6) is 0 Å². The third-order valence-electron chi connectivity index (χ3n) is 2.87. The Labute approximate surface area is 111 Å². The Morgan fingerprint density at radius 2 is 1.89 bits per heavy atom. The molecular weight excluding hydrogens is 240 g/mol. The minimum Gasteiger partial charge on any atom is -0.383 e. The zero-order valence-electron chi connectivity index (χ0n) is 10.9. The molecule has 0 bridgehead atoms. The first kappa shape index (κ1) is 13.0. The number of carbonyl (C=O) groups is 1. The van der Waals surface area contributed by atoms with Crippen LogP contribution in [0.1, 0.15) is 35.7 Å². The van der Waals surface area contributed by atoms with E-state index < -0.39 is 0 Å². The third kappa shape index (κ3) is 2.88. The number of nitrogens with one attached hydrogen (secondary N) is 1. The Kier molecular flexibility index (Phi) is 3.75. The van der Waals surface area contributed by atoms with Crippen LogP contribution in [0.4, 0.5) is 17.3 Å². The van der Waals surface area contributed by atoms with Crippen LogP contribution in [0, 0.1) is 0 Å². The average Bonchev–Trinajstić information content (AvgIpc) is 2.39. The maximum Gasteiger partial charge on any atom is 0.157 e. The van der Waals surface area contributed by atoms with Crippen molar-refractivity contribution in [3.05, 3.63) is 41.7 Å². The lowest BCUT2D eigenvalue weighted by Gasteiger charge is -2.10. The predicted molar refractivity (Wildman–Crippen MR) is 75.6 cm³/mol. The molecule has 0 saturated carbocycles. The summed E-state index contributed by atoms with van der Waals surface area (Å²) < 4.78 is 0. The molecule has 5 heteroatoms. The molecule has 0 spiro atoms. The van der Waals surface area contributed by atoms with Gasteiger partial charge in [-0.15, -0.1) is 0 Å². The summed E-state index contributed by atoms with van der Waals surface area (Å²) in [6.07, 6.45) is 1.98. The number of aromatic nitrogens is 2. The first-order chi connectivity index (χ1) is 9.11. The monoisotopic (exact) mass is 256 g/mol. The van der Waals surface area contributed by atoms with Gasteiger partial charge in [-0.25, -0.2) is 9.97 Å². The average molecular weight is 256 g/mol. The van der Waals surface area contributed by atoms with Crippen molar-refractivity contribution in [2.75, 3.05) is 11.1 Å². The molecule has 0 aliphatic heterocycles. The number of nitrogens with zero attached hydrogens (tertiary/aromatic N) is 2. The van der Waals surface area contributed by atoms with E-state index in [0.717, 1.165) is 5.69 Å². The molecule has 0 aliphatic rings. The Morgan fingerprint density at radius 1 is 1.21 bits per heavy atom. The van der Waals surface area contributed by atoms with Gasteiger partial charge in [-0.2, -0.15) is 0 Å². The second-order valence-electron chi connectivity index (χ2n) is 4.54. The molecule has 0 fully saturated rings. The van der Waals surface area contributed by atoms with Gasteiger partial charge in [0.15, 0.2) is 6.29 Å². The van der Waals surface area contributed by atoms with Crippen LogP contribution in [0.3, 0.4) is 0 Å². The molecule has 19 heavy (non-hydrogen) atoms. The summed E-state index contributed by atoms with van der Waals surface area (Å²) in [7, 11) is 0. The quantitative estimate of drug-likeness (QED) is 0.822. The second-order valence-corrected chi connectivity index (χ2v) is 4.54. The first-order valence-corrected chi connectivity index (χ1v) is 6.04. The molecule has 0 amide bonds. The van der Waals surface area contributed by atoms with Crippen LogP contribution >= 0.6 is 0 Å². The van der Waals surface area contributed by atoms with E-state index >= 15 is 0 Å². The van der Waals surface area contributed by atoms with Crippen LogP contribution in [0.25, 0.3) is 0 Å². The summed E-state index contributed by atoms with van der Waals surface area (Å²) in [5, 5.41) is 3.07. The van der Waals surface area contributed by atoms with E-state index in [0.29, 0.717) is 18.0 Å². The number of nitrogens with two attached hydrogens (primary N) is 1. The number of hydrogen-bond donors (Lipinski definition) is 2. The van der Waals surface area contributed by atoms with Crippen molar-refractivity contribution in [3.8, 4) is 0 Å². The molecule has 0 saturated heterocycles. The maximum atomic E-state index is 11.0. The van der Waals surface area contributed by atoms with Gasteiger partial charge < -0.3 is 11.1 Å². The van der Waals surface area contributed by atoms with Gasteiger partial charge in [0.05, 0.1) is 5.56 Å². The molecule has 0 aliphatic carbocycles. The van der Waals surface area contributed by atoms with Crippen molar-refractivity contribution in [2.45, 2.75) is 19.8 Å². The molecule has 0 unspecified atom stereocenters.